The molecule has 0 aromatic heterocycles. The lowest BCUT2D eigenvalue weighted by molar-refractivity contribution is -0.385. The maximum absolute atomic E-state index is 13.1. The smallest absolute Gasteiger partial charge is 0.355 e. The Kier molecular flexibility index (Phi) is 4.85. The number of hydrogen-bond acceptors (Lipinski definition) is 3. The van der Waals surface area contributed by atoms with Gasteiger partial charge in [-0.25, -0.2) is 0 Å². The first-order chi connectivity index (χ1) is 11.4. The number of non-ortho nitro benzene ring substituents is 1. The molecule has 0 aliphatic heterocycles. The highest BCUT2D eigenvalue weighted by Crippen LogP contribution is 2.41. The molecule has 25 heavy (non-hydrogen) atoms. The summed E-state index contributed by atoms with van der Waals surface area (Å²) in [6.45, 7) is 0. The Hall–Kier alpha value is -2.49. The van der Waals surface area contributed by atoms with Crippen LogP contribution >= 0.6 is 11.6 Å². The van der Waals surface area contributed by atoms with E-state index >= 15 is 0 Å². The van der Waals surface area contributed by atoms with Gasteiger partial charge in [0.05, 0.1) is 27.4 Å². The van der Waals surface area contributed by atoms with Gasteiger partial charge in [0, 0.05) is 17.2 Å². The van der Waals surface area contributed by atoms with Gasteiger partial charge in [-0.3, -0.25) is 10.1 Å². The summed E-state index contributed by atoms with van der Waals surface area (Å²) in [6.07, 6.45) is -9.88. The van der Waals surface area contributed by atoms with Gasteiger partial charge in [-0.2, -0.15) is 26.3 Å². The molecule has 2 rings (SSSR count). The van der Waals surface area contributed by atoms with Gasteiger partial charge in [0.15, 0.2) is 0 Å². The first-order valence-electron chi connectivity index (χ1n) is 6.39. The molecular weight excluding hydrogens is 378 g/mol. The van der Waals surface area contributed by atoms with Crippen LogP contribution in [0.3, 0.4) is 0 Å². The molecule has 4 nitrogen and oxygen atoms in total. The summed E-state index contributed by atoms with van der Waals surface area (Å²) in [5.74, 6) is 0. The monoisotopic (exact) mass is 384 g/mol. The van der Waals surface area contributed by atoms with E-state index in [0.717, 1.165) is 18.2 Å². The number of rotatable bonds is 3. The second kappa shape index (κ2) is 6.43. The van der Waals surface area contributed by atoms with Gasteiger partial charge in [-0.05, 0) is 24.3 Å². The van der Waals surface area contributed by atoms with E-state index in [1.165, 1.54) is 0 Å². The fraction of sp³-hybridized carbons (Fsp3) is 0.143. The minimum atomic E-state index is -5.01. The van der Waals surface area contributed by atoms with E-state index in [4.69, 9.17) is 11.6 Å². The quantitative estimate of drug-likeness (QED) is 0.399. The minimum Gasteiger partial charge on any atom is -0.355 e. The Balaban J connectivity index is 2.57. The zero-order valence-corrected chi connectivity index (χ0v) is 12.6. The summed E-state index contributed by atoms with van der Waals surface area (Å²) in [7, 11) is 0. The highest BCUT2D eigenvalue weighted by molar-refractivity contribution is 6.30. The van der Waals surface area contributed by atoms with Gasteiger partial charge in [0.1, 0.15) is 0 Å². The maximum Gasteiger partial charge on any atom is 0.418 e. The molecular formula is C14H7ClF6N2O2. The van der Waals surface area contributed by atoms with Crippen molar-refractivity contribution in [3.05, 3.63) is 62.7 Å². The molecule has 2 aromatic rings. The van der Waals surface area contributed by atoms with Crippen LogP contribution in [0.4, 0.5) is 43.4 Å². The number of benzene rings is 2. The average Bonchev–Trinajstić information content (AvgIpc) is 2.47. The van der Waals surface area contributed by atoms with Gasteiger partial charge in [-0.15, -0.1) is 0 Å². The van der Waals surface area contributed by atoms with Crippen molar-refractivity contribution in [3.63, 3.8) is 0 Å². The highest BCUT2D eigenvalue weighted by atomic mass is 35.5. The lowest BCUT2D eigenvalue weighted by Gasteiger charge is -2.18. The van der Waals surface area contributed by atoms with E-state index < -0.39 is 45.5 Å². The van der Waals surface area contributed by atoms with Crippen LogP contribution in [0, 0.1) is 10.1 Å². The third-order valence-electron chi connectivity index (χ3n) is 3.08. The van der Waals surface area contributed by atoms with Crippen molar-refractivity contribution in [2.24, 2.45) is 0 Å². The molecule has 0 bridgehead atoms. The summed E-state index contributed by atoms with van der Waals surface area (Å²) in [6, 6.07) is 4.18. The van der Waals surface area contributed by atoms with Crippen molar-refractivity contribution in [2.75, 3.05) is 5.32 Å². The lowest BCUT2D eigenvalue weighted by atomic mass is 10.1. The molecule has 0 saturated heterocycles. The molecule has 134 valence electrons. The van der Waals surface area contributed by atoms with Gasteiger partial charge in [0.25, 0.3) is 5.69 Å². The SMILES string of the molecule is O=[N+]([O-])c1ccc(Nc2ccc(Cl)cc2C(F)(F)F)c(C(F)(F)F)c1. The van der Waals surface area contributed by atoms with Crippen molar-refractivity contribution in [1.82, 2.24) is 0 Å². The normalized spacial score (nSPS) is 12.1. The topological polar surface area (TPSA) is 55.2 Å². The second-order valence-corrected chi connectivity index (χ2v) is 5.23. The van der Waals surface area contributed by atoms with Crippen LogP contribution in [0.15, 0.2) is 36.4 Å². The van der Waals surface area contributed by atoms with Crippen LogP contribution in [-0.4, -0.2) is 4.92 Å². The van der Waals surface area contributed by atoms with Crippen LogP contribution < -0.4 is 5.32 Å². The molecule has 0 amide bonds. The second-order valence-electron chi connectivity index (χ2n) is 4.80. The number of nitro benzene ring substituents is 1. The van der Waals surface area contributed by atoms with E-state index in [9.17, 15) is 36.5 Å². The predicted octanol–water partition coefficient (Wildman–Crippen LogP) is 6.03. The Morgan fingerprint density at radius 1 is 0.880 bits per heavy atom. The summed E-state index contributed by atoms with van der Waals surface area (Å²) in [5, 5.41) is 12.4. The molecule has 2 aromatic carbocycles. The van der Waals surface area contributed by atoms with Gasteiger partial charge < -0.3 is 5.32 Å². The Morgan fingerprint density at radius 3 is 1.84 bits per heavy atom. The van der Waals surface area contributed by atoms with E-state index in [1.807, 2.05) is 5.32 Å². The summed E-state index contributed by atoms with van der Waals surface area (Å²) in [4.78, 5) is 9.59. The van der Waals surface area contributed by atoms with E-state index in [2.05, 4.69) is 0 Å². The fourth-order valence-corrected chi connectivity index (χ4v) is 2.17. The molecule has 0 aliphatic carbocycles. The number of nitro groups is 1. The number of nitrogens with zero attached hydrogens (tertiary/aromatic N) is 1. The third kappa shape index (κ3) is 4.32. The molecule has 0 aliphatic rings. The minimum absolute atomic E-state index is 0.242. The molecule has 0 atom stereocenters. The predicted molar refractivity (Wildman–Crippen MR) is 77.8 cm³/mol. The fourth-order valence-electron chi connectivity index (χ4n) is 1.99. The molecule has 0 saturated carbocycles. The van der Waals surface area contributed by atoms with Crippen molar-refractivity contribution < 1.29 is 31.3 Å². The summed E-state index contributed by atoms with van der Waals surface area (Å²) in [5.41, 5.74) is -5.01. The summed E-state index contributed by atoms with van der Waals surface area (Å²) < 4.78 is 78.3. The molecule has 11 heteroatoms. The molecule has 0 unspecified atom stereocenters. The lowest BCUT2D eigenvalue weighted by Crippen LogP contribution is -2.12. The number of alkyl halides is 6. The number of halogens is 7. The van der Waals surface area contributed by atoms with E-state index in [-0.39, 0.29) is 11.1 Å². The number of nitrogens with one attached hydrogen (secondary N) is 1. The van der Waals surface area contributed by atoms with Crippen molar-refractivity contribution in [3.8, 4) is 0 Å². The highest BCUT2D eigenvalue weighted by Gasteiger charge is 2.37. The van der Waals surface area contributed by atoms with Gasteiger partial charge in [-0.1, -0.05) is 11.6 Å². The number of hydrogen-bond donors (Lipinski definition) is 1. The van der Waals surface area contributed by atoms with Crippen LogP contribution in [0.2, 0.25) is 5.02 Å². The van der Waals surface area contributed by atoms with Crippen LogP contribution in [0.5, 0.6) is 0 Å². The summed E-state index contributed by atoms with van der Waals surface area (Å²) >= 11 is 5.50. The number of anilines is 2. The van der Waals surface area contributed by atoms with Crippen LogP contribution in [0.1, 0.15) is 11.1 Å². The molecule has 0 radical (unpaired) electrons. The van der Waals surface area contributed by atoms with Crippen LogP contribution in [0.25, 0.3) is 0 Å². The molecule has 0 fully saturated rings. The largest absolute Gasteiger partial charge is 0.418 e. The third-order valence-corrected chi connectivity index (χ3v) is 3.31. The Labute approximate surface area is 141 Å². The van der Waals surface area contributed by atoms with Gasteiger partial charge >= 0.3 is 12.4 Å². The van der Waals surface area contributed by atoms with Crippen molar-refractivity contribution in [1.29, 1.82) is 0 Å². The molecule has 1 N–H and O–H groups in total. The molecule has 0 heterocycles. The first kappa shape index (κ1) is 18.8. The zero-order chi connectivity index (χ0) is 19.0. The van der Waals surface area contributed by atoms with E-state index in [0.29, 0.717) is 12.1 Å². The Bertz CT molecular complexity index is 820. The standard InChI is InChI=1S/C14H7ClF6N2O2/c15-7-1-3-11(9(5-7)13(16,17)18)22-12-4-2-8(23(24)25)6-10(12)14(19,20)21/h1-6,22H. The van der Waals surface area contributed by atoms with Gasteiger partial charge in [0.2, 0.25) is 0 Å². The van der Waals surface area contributed by atoms with Crippen LogP contribution in [-0.2, 0) is 12.4 Å². The van der Waals surface area contributed by atoms with Crippen molar-refractivity contribution in [2.45, 2.75) is 12.4 Å². The van der Waals surface area contributed by atoms with Crippen molar-refractivity contribution >= 4 is 28.7 Å². The Morgan fingerprint density at radius 2 is 1.36 bits per heavy atom. The average molecular weight is 385 g/mol. The zero-order valence-electron chi connectivity index (χ0n) is 11.9. The van der Waals surface area contributed by atoms with E-state index in [1.54, 1.807) is 0 Å². The maximum atomic E-state index is 13.1. The molecule has 0 spiro atoms. The first-order valence-corrected chi connectivity index (χ1v) is 6.77.